The smallest absolute Gasteiger partial charge is 0.0576 e. The average molecular weight is 142 g/mol. The van der Waals surface area contributed by atoms with E-state index in [4.69, 9.17) is 4.74 Å². The van der Waals surface area contributed by atoms with Crippen LogP contribution in [0.3, 0.4) is 0 Å². The molecule has 1 rings (SSSR count). The van der Waals surface area contributed by atoms with Crippen molar-refractivity contribution in [1.82, 2.24) is 0 Å². The van der Waals surface area contributed by atoms with Gasteiger partial charge in [-0.1, -0.05) is 13.8 Å². The van der Waals surface area contributed by atoms with Gasteiger partial charge in [0.1, 0.15) is 0 Å². The molecular formula is C9H18O. The normalized spacial score (nSPS) is 49.2. The van der Waals surface area contributed by atoms with Crippen LogP contribution in [0.2, 0.25) is 0 Å². The topological polar surface area (TPSA) is 9.23 Å². The molecule has 1 heterocycles. The Morgan fingerprint density at radius 2 is 1.30 bits per heavy atom. The van der Waals surface area contributed by atoms with Gasteiger partial charge in [0.05, 0.1) is 12.2 Å². The Labute approximate surface area is 63.8 Å². The van der Waals surface area contributed by atoms with Gasteiger partial charge in [-0.15, -0.1) is 0 Å². The monoisotopic (exact) mass is 142 g/mol. The highest BCUT2D eigenvalue weighted by atomic mass is 16.5. The molecular weight excluding hydrogens is 124 g/mol. The van der Waals surface area contributed by atoms with Crippen molar-refractivity contribution in [1.29, 1.82) is 0 Å². The van der Waals surface area contributed by atoms with E-state index in [0.29, 0.717) is 12.2 Å². The van der Waals surface area contributed by atoms with Crippen LogP contribution in [-0.2, 0) is 4.74 Å². The van der Waals surface area contributed by atoms with Crippen LogP contribution in [0.5, 0.6) is 0 Å². The first-order valence-electron chi connectivity index (χ1n) is 4.26. The maximum absolute atomic E-state index is 5.71. The fourth-order valence-corrected chi connectivity index (χ4v) is 1.58. The molecule has 0 spiro atoms. The molecule has 1 saturated heterocycles. The van der Waals surface area contributed by atoms with E-state index in [2.05, 4.69) is 27.7 Å². The Balaban J connectivity index is 2.46. The highest BCUT2D eigenvalue weighted by molar-refractivity contribution is 4.75. The van der Waals surface area contributed by atoms with Crippen LogP contribution >= 0.6 is 0 Å². The standard InChI is InChI=1S/C9H18O/c1-6-5-7(2)9(4)10-8(6)3/h6-9H,5H2,1-4H3/t6-,7?,8?,9+/m1/s1. The molecule has 60 valence electrons. The molecule has 4 atom stereocenters. The molecule has 0 aromatic heterocycles. The molecule has 0 N–H and O–H groups in total. The van der Waals surface area contributed by atoms with E-state index in [9.17, 15) is 0 Å². The summed E-state index contributed by atoms with van der Waals surface area (Å²) in [7, 11) is 0. The predicted octanol–water partition coefficient (Wildman–Crippen LogP) is 2.46. The molecule has 10 heavy (non-hydrogen) atoms. The van der Waals surface area contributed by atoms with Crippen molar-refractivity contribution >= 4 is 0 Å². The van der Waals surface area contributed by atoms with Crippen molar-refractivity contribution in [3.63, 3.8) is 0 Å². The summed E-state index contributed by atoms with van der Waals surface area (Å²) in [4.78, 5) is 0. The van der Waals surface area contributed by atoms with Crippen LogP contribution in [0, 0.1) is 11.8 Å². The largest absolute Gasteiger partial charge is 0.375 e. The molecule has 1 aliphatic rings. The highest BCUT2D eigenvalue weighted by Gasteiger charge is 2.27. The molecule has 0 amide bonds. The molecule has 0 bridgehead atoms. The van der Waals surface area contributed by atoms with Gasteiger partial charge in [-0.25, -0.2) is 0 Å². The molecule has 1 aliphatic heterocycles. The first-order valence-corrected chi connectivity index (χ1v) is 4.26. The van der Waals surface area contributed by atoms with Crippen LogP contribution in [0.15, 0.2) is 0 Å². The van der Waals surface area contributed by atoms with E-state index in [0.717, 1.165) is 11.8 Å². The number of hydrogen-bond donors (Lipinski definition) is 0. The van der Waals surface area contributed by atoms with E-state index >= 15 is 0 Å². The van der Waals surface area contributed by atoms with Crippen LogP contribution in [0.4, 0.5) is 0 Å². The maximum Gasteiger partial charge on any atom is 0.0576 e. The maximum atomic E-state index is 5.71. The Hall–Kier alpha value is -0.0400. The minimum atomic E-state index is 0.464. The lowest BCUT2D eigenvalue weighted by Gasteiger charge is -2.35. The SMILES string of the molecule is CC1O[C@@H](C)C(C)C[C@H]1C. The van der Waals surface area contributed by atoms with Crippen LogP contribution in [0.25, 0.3) is 0 Å². The second kappa shape index (κ2) is 2.91. The van der Waals surface area contributed by atoms with Gasteiger partial charge in [-0.2, -0.15) is 0 Å². The van der Waals surface area contributed by atoms with Crippen molar-refractivity contribution in [3.05, 3.63) is 0 Å². The minimum absolute atomic E-state index is 0.464. The molecule has 0 aromatic carbocycles. The zero-order chi connectivity index (χ0) is 7.72. The van der Waals surface area contributed by atoms with Crippen molar-refractivity contribution in [3.8, 4) is 0 Å². The zero-order valence-electron chi connectivity index (χ0n) is 7.42. The third-order valence-electron chi connectivity index (χ3n) is 2.78. The van der Waals surface area contributed by atoms with Gasteiger partial charge in [-0.05, 0) is 32.1 Å². The fraction of sp³-hybridized carbons (Fsp3) is 1.00. The Morgan fingerprint density at radius 3 is 1.60 bits per heavy atom. The molecule has 2 unspecified atom stereocenters. The summed E-state index contributed by atoms with van der Waals surface area (Å²) in [6.07, 6.45) is 2.25. The number of rotatable bonds is 0. The summed E-state index contributed by atoms with van der Waals surface area (Å²) in [5, 5.41) is 0. The first-order chi connectivity index (χ1) is 4.61. The Morgan fingerprint density at radius 1 is 0.900 bits per heavy atom. The molecule has 0 aliphatic carbocycles. The van der Waals surface area contributed by atoms with E-state index in [1.807, 2.05) is 0 Å². The third-order valence-corrected chi connectivity index (χ3v) is 2.78. The van der Waals surface area contributed by atoms with E-state index in [1.54, 1.807) is 0 Å². The van der Waals surface area contributed by atoms with Gasteiger partial charge in [0.2, 0.25) is 0 Å². The van der Waals surface area contributed by atoms with Crippen molar-refractivity contribution in [2.45, 2.75) is 46.3 Å². The summed E-state index contributed by atoms with van der Waals surface area (Å²) >= 11 is 0. The van der Waals surface area contributed by atoms with Gasteiger partial charge >= 0.3 is 0 Å². The lowest BCUT2D eigenvalue weighted by atomic mass is 9.87. The summed E-state index contributed by atoms with van der Waals surface area (Å²) < 4.78 is 5.71. The predicted molar refractivity (Wildman–Crippen MR) is 43.0 cm³/mol. The molecule has 0 aromatic rings. The van der Waals surface area contributed by atoms with Gasteiger partial charge < -0.3 is 4.74 Å². The average Bonchev–Trinajstić information content (AvgIpc) is 1.84. The second-order valence-corrected chi connectivity index (χ2v) is 3.74. The van der Waals surface area contributed by atoms with E-state index in [1.165, 1.54) is 6.42 Å². The lowest BCUT2D eigenvalue weighted by Crippen LogP contribution is -2.35. The molecule has 0 radical (unpaired) electrons. The summed E-state index contributed by atoms with van der Waals surface area (Å²) in [5.41, 5.74) is 0. The van der Waals surface area contributed by atoms with Crippen molar-refractivity contribution < 1.29 is 4.74 Å². The lowest BCUT2D eigenvalue weighted by molar-refractivity contribution is -0.0885. The summed E-state index contributed by atoms with van der Waals surface area (Å²) in [6.45, 7) is 8.89. The summed E-state index contributed by atoms with van der Waals surface area (Å²) in [5.74, 6) is 1.48. The molecule has 1 fully saturated rings. The van der Waals surface area contributed by atoms with Gasteiger partial charge in [0.15, 0.2) is 0 Å². The van der Waals surface area contributed by atoms with Crippen LogP contribution in [0.1, 0.15) is 34.1 Å². The molecule has 1 heteroatoms. The van der Waals surface area contributed by atoms with Crippen molar-refractivity contribution in [2.75, 3.05) is 0 Å². The second-order valence-electron chi connectivity index (χ2n) is 3.74. The van der Waals surface area contributed by atoms with Crippen molar-refractivity contribution in [2.24, 2.45) is 11.8 Å². The zero-order valence-corrected chi connectivity index (χ0v) is 7.42. The minimum Gasteiger partial charge on any atom is -0.375 e. The first kappa shape index (κ1) is 8.06. The molecule has 0 saturated carbocycles. The quantitative estimate of drug-likeness (QED) is 0.505. The number of ether oxygens (including phenoxy) is 1. The van der Waals surface area contributed by atoms with Gasteiger partial charge in [0.25, 0.3) is 0 Å². The fourth-order valence-electron chi connectivity index (χ4n) is 1.58. The summed E-state index contributed by atoms with van der Waals surface area (Å²) in [6, 6.07) is 0. The Kier molecular flexibility index (Phi) is 2.35. The molecule has 1 nitrogen and oxygen atoms in total. The third kappa shape index (κ3) is 1.51. The van der Waals surface area contributed by atoms with E-state index in [-0.39, 0.29) is 0 Å². The van der Waals surface area contributed by atoms with Crippen LogP contribution in [-0.4, -0.2) is 12.2 Å². The Bertz CT molecular complexity index is 85.3. The highest BCUT2D eigenvalue weighted by Crippen LogP contribution is 2.28. The van der Waals surface area contributed by atoms with Crippen LogP contribution < -0.4 is 0 Å². The van der Waals surface area contributed by atoms with Gasteiger partial charge in [0, 0.05) is 0 Å². The van der Waals surface area contributed by atoms with E-state index < -0.39 is 0 Å². The number of hydrogen-bond acceptors (Lipinski definition) is 1. The van der Waals surface area contributed by atoms with Gasteiger partial charge in [-0.3, -0.25) is 0 Å².